The lowest BCUT2D eigenvalue weighted by atomic mass is 9.74. The first-order valence-corrected chi connectivity index (χ1v) is 9.79. The lowest BCUT2D eigenvalue weighted by Crippen LogP contribution is -2.29. The predicted molar refractivity (Wildman–Crippen MR) is 117 cm³/mol. The van der Waals surface area contributed by atoms with E-state index in [2.05, 4.69) is 48.2 Å². The molecule has 1 aliphatic heterocycles. The largest absolute Gasteiger partial charge is 0.347 e. The molecule has 0 aromatic heterocycles. The quantitative estimate of drug-likeness (QED) is 0.438. The maximum absolute atomic E-state index is 11.5. The van der Waals surface area contributed by atoms with Crippen LogP contribution in [0.5, 0.6) is 0 Å². The summed E-state index contributed by atoms with van der Waals surface area (Å²) in [4.78, 5) is 13.4. The number of allylic oxidation sites excluding steroid dienone is 1. The second kappa shape index (κ2) is 7.55. The molecule has 4 nitrogen and oxygen atoms in total. The summed E-state index contributed by atoms with van der Waals surface area (Å²) in [5, 5.41) is 11.5. The highest BCUT2D eigenvalue weighted by atomic mass is 16.6. The normalized spacial score (nSPS) is 20.5. The Hall–Kier alpha value is -3.40. The summed E-state index contributed by atoms with van der Waals surface area (Å²) in [5.74, 6) is -0.305. The van der Waals surface area contributed by atoms with E-state index in [9.17, 15) is 10.1 Å². The molecule has 146 valence electrons. The molecule has 0 N–H and O–H groups in total. The molecule has 3 aromatic carbocycles. The van der Waals surface area contributed by atoms with Crippen LogP contribution in [0.1, 0.15) is 29.5 Å². The van der Waals surface area contributed by atoms with Gasteiger partial charge in [-0.05, 0) is 35.8 Å². The molecule has 0 radical (unpaired) electrons. The zero-order valence-electron chi connectivity index (χ0n) is 16.7. The molecule has 1 heterocycles. The van der Waals surface area contributed by atoms with Gasteiger partial charge in [-0.1, -0.05) is 78.9 Å². The van der Waals surface area contributed by atoms with Gasteiger partial charge in [-0.25, -0.2) is 0 Å². The van der Waals surface area contributed by atoms with Crippen molar-refractivity contribution in [2.45, 2.75) is 18.3 Å². The van der Waals surface area contributed by atoms with Crippen LogP contribution in [0.4, 0.5) is 5.69 Å². The van der Waals surface area contributed by atoms with Gasteiger partial charge in [0, 0.05) is 23.4 Å². The second-order valence-electron chi connectivity index (χ2n) is 7.65. The topological polar surface area (TPSA) is 46.4 Å². The van der Waals surface area contributed by atoms with Crippen molar-refractivity contribution in [1.29, 1.82) is 0 Å². The third-order valence-corrected chi connectivity index (χ3v) is 5.96. The average molecular weight is 384 g/mol. The Morgan fingerprint density at radius 3 is 2.21 bits per heavy atom. The number of hydrogen-bond acceptors (Lipinski definition) is 3. The van der Waals surface area contributed by atoms with Gasteiger partial charge in [-0.3, -0.25) is 10.1 Å². The lowest BCUT2D eigenvalue weighted by Gasteiger charge is -2.30. The number of rotatable bonds is 5. The van der Waals surface area contributed by atoms with Crippen molar-refractivity contribution < 1.29 is 4.92 Å². The molecule has 0 saturated carbocycles. The number of nitrogens with zero attached hydrogens (tertiary/aromatic N) is 2. The van der Waals surface area contributed by atoms with Crippen LogP contribution in [-0.2, 0) is 5.41 Å². The Morgan fingerprint density at radius 1 is 0.966 bits per heavy atom. The van der Waals surface area contributed by atoms with E-state index in [1.54, 1.807) is 0 Å². The van der Waals surface area contributed by atoms with Crippen molar-refractivity contribution in [3.8, 4) is 0 Å². The van der Waals surface area contributed by atoms with Crippen LogP contribution < -0.4 is 4.90 Å². The molecule has 0 saturated heterocycles. The van der Waals surface area contributed by atoms with Crippen molar-refractivity contribution in [3.05, 3.63) is 124 Å². The summed E-state index contributed by atoms with van der Waals surface area (Å²) in [6, 6.07) is 28.5. The number of likely N-dealkylation sites (N-methyl/N-ethyl adjacent to an activating group) is 1. The highest BCUT2D eigenvalue weighted by Crippen LogP contribution is 2.51. The molecular formula is C25H24N2O2. The maximum Gasteiger partial charge on any atom is 0.214 e. The number of nitro groups is 1. The third kappa shape index (κ3) is 3.31. The van der Waals surface area contributed by atoms with Gasteiger partial charge >= 0.3 is 0 Å². The predicted octanol–water partition coefficient (Wildman–Crippen LogP) is 5.39. The van der Waals surface area contributed by atoms with Crippen LogP contribution in [0, 0.1) is 10.1 Å². The van der Waals surface area contributed by atoms with Crippen LogP contribution in [0.15, 0.2) is 96.7 Å². The van der Waals surface area contributed by atoms with E-state index in [-0.39, 0.29) is 22.8 Å². The maximum atomic E-state index is 11.5. The van der Waals surface area contributed by atoms with Gasteiger partial charge in [0.25, 0.3) is 0 Å². The first-order chi connectivity index (χ1) is 14.0. The van der Waals surface area contributed by atoms with E-state index in [4.69, 9.17) is 0 Å². The van der Waals surface area contributed by atoms with E-state index >= 15 is 0 Å². The van der Waals surface area contributed by atoms with E-state index in [1.807, 2.05) is 61.6 Å². The molecular weight excluding hydrogens is 360 g/mol. The summed E-state index contributed by atoms with van der Waals surface area (Å²) in [5.41, 5.74) is 5.18. The number of fused-ring (bicyclic) bond motifs is 1. The molecule has 2 atom stereocenters. The molecule has 0 unspecified atom stereocenters. The molecule has 0 aliphatic carbocycles. The summed E-state index contributed by atoms with van der Waals surface area (Å²) in [6.07, 6.45) is 2.09. The first-order valence-electron chi connectivity index (χ1n) is 9.79. The second-order valence-corrected chi connectivity index (χ2v) is 7.65. The van der Waals surface area contributed by atoms with E-state index < -0.39 is 0 Å². The number of para-hydroxylation sites is 1. The van der Waals surface area contributed by atoms with Gasteiger partial charge in [-0.2, -0.15) is 0 Å². The van der Waals surface area contributed by atoms with E-state index in [0.29, 0.717) is 0 Å². The zero-order valence-corrected chi connectivity index (χ0v) is 16.7. The fourth-order valence-corrected chi connectivity index (χ4v) is 4.45. The average Bonchev–Trinajstić information content (AvgIpc) is 2.97. The minimum atomic E-state index is -0.379. The van der Waals surface area contributed by atoms with Gasteiger partial charge in [0.1, 0.15) is 0 Å². The molecule has 0 amide bonds. The first kappa shape index (κ1) is 18.9. The van der Waals surface area contributed by atoms with Crippen molar-refractivity contribution in [2.75, 3.05) is 18.5 Å². The SMILES string of the molecule is CN1/C(=C/[C@H](C[N+](=O)[O-])c2ccccc2)[C@](C)(c2ccccc2)c2ccccc21. The standard InChI is InChI=1S/C25H24N2O2/c1-25(21-13-7-4-8-14-21)22-15-9-10-16-23(22)26(2)24(25)17-20(18-27(28)29)19-11-5-3-6-12-19/h3-17,20H,18H2,1-2H3/b24-17+/t20-,25-/m1/s1. The minimum Gasteiger partial charge on any atom is -0.347 e. The summed E-state index contributed by atoms with van der Waals surface area (Å²) in [6.45, 7) is 2.08. The Labute approximate surface area is 171 Å². The van der Waals surface area contributed by atoms with Gasteiger partial charge < -0.3 is 4.90 Å². The van der Waals surface area contributed by atoms with Gasteiger partial charge in [0.2, 0.25) is 6.54 Å². The van der Waals surface area contributed by atoms with Crippen LogP contribution >= 0.6 is 0 Å². The zero-order chi connectivity index (χ0) is 20.4. The van der Waals surface area contributed by atoms with Gasteiger partial charge in [0.15, 0.2) is 0 Å². The Balaban J connectivity index is 1.91. The molecule has 1 aliphatic rings. The van der Waals surface area contributed by atoms with Gasteiger partial charge in [0.05, 0.1) is 11.3 Å². The van der Waals surface area contributed by atoms with Crippen LogP contribution in [0.2, 0.25) is 0 Å². The summed E-state index contributed by atoms with van der Waals surface area (Å²) >= 11 is 0. The highest BCUT2D eigenvalue weighted by Gasteiger charge is 2.44. The molecule has 29 heavy (non-hydrogen) atoms. The fraction of sp³-hybridized carbons (Fsp3) is 0.200. The molecule has 0 fully saturated rings. The van der Waals surface area contributed by atoms with Gasteiger partial charge in [-0.15, -0.1) is 0 Å². The highest BCUT2D eigenvalue weighted by molar-refractivity contribution is 5.73. The molecule has 3 aromatic rings. The third-order valence-electron chi connectivity index (χ3n) is 5.96. The van der Waals surface area contributed by atoms with Crippen molar-refractivity contribution in [1.82, 2.24) is 0 Å². The monoisotopic (exact) mass is 384 g/mol. The van der Waals surface area contributed by atoms with E-state index in [1.165, 1.54) is 11.1 Å². The van der Waals surface area contributed by atoms with Crippen LogP contribution in [0.25, 0.3) is 0 Å². The number of hydrogen-bond donors (Lipinski definition) is 0. The molecule has 4 rings (SSSR count). The summed E-state index contributed by atoms with van der Waals surface area (Å²) in [7, 11) is 2.05. The summed E-state index contributed by atoms with van der Waals surface area (Å²) < 4.78 is 0. The number of anilines is 1. The number of benzene rings is 3. The van der Waals surface area contributed by atoms with Crippen LogP contribution in [0.3, 0.4) is 0 Å². The van der Waals surface area contributed by atoms with Crippen molar-refractivity contribution >= 4 is 5.69 Å². The van der Waals surface area contributed by atoms with Crippen LogP contribution in [-0.4, -0.2) is 18.5 Å². The van der Waals surface area contributed by atoms with Crippen molar-refractivity contribution in [2.24, 2.45) is 0 Å². The van der Waals surface area contributed by atoms with Crippen molar-refractivity contribution in [3.63, 3.8) is 0 Å². The molecule has 4 heteroatoms. The minimum absolute atomic E-state index is 0.136. The van der Waals surface area contributed by atoms with E-state index in [0.717, 1.165) is 16.9 Å². The fourth-order valence-electron chi connectivity index (χ4n) is 4.45. The Kier molecular flexibility index (Phi) is 4.93. The lowest BCUT2D eigenvalue weighted by molar-refractivity contribution is -0.481. The Morgan fingerprint density at radius 2 is 1.55 bits per heavy atom. The Bertz CT molecular complexity index is 1050. The smallest absolute Gasteiger partial charge is 0.214 e. The molecule has 0 bridgehead atoms. The molecule has 0 spiro atoms.